The highest BCUT2D eigenvalue weighted by Gasteiger charge is 2.10. The minimum Gasteiger partial charge on any atom is -0.381 e. The monoisotopic (exact) mass is 305 g/mol. The maximum absolute atomic E-state index is 13.2. The molecule has 2 aromatic rings. The van der Waals surface area contributed by atoms with E-state index in [1.807, 2.05) is 0 Å². The van der Waals surface area contributed by atoms with E-state index < -0.39 is 10.7 Å². The van der Waals surface area contributed by atoms with Crippen LogP contribution in [-0.2, 0) is 6.54 Å². The van der Waals surface area contributed by atoms with Crippen molar-refractivity contribution in [2.45, 2.75) is 6.54 Å². The van der Waals surface area contributed by atoms with Gasteiger partial charge in [0.1, 0.15) is 11.9 Å². The summed E-state index contributed by atoms with van der Waals surface area (Å²) in [5.41, 5.74) is 0.919. The van der Waals surface area contributed by atoms with Crippen LogP contribution in [0.4, 0.5) is 15.8 Å². The van der Waals surface area contributed by atoms with Crippen molar-refractivity contribution in [2.24, 2.45) is 0 Å². The van der Waals surface area contributed by atoms with Crippen molar-refractivity contribution < 1.29 is 9.31 Å². The number of benzene rings is 2. The van der Waals surface area contributed by atoms with Crippen LogP contribution in [0.5, 0.6) is 0 Å². The number of nitriles is 1. The van der Waals surface area contributed by atoms with E-state index >= 15 is 0 Å². The molecule has 0 unspecified atom stereocenters. The number of hydrogen-bond acceptors (Lipinski definition) is 4. The molecular weight excluding hydrogens is 297 g/mol. The third kappa shape index (κ3) is 3.46. The number of nitrogens with zero attached hydrogens (tertiary/aromatic N) is 2. The molecule has 0 bridgehead atoms. The summed E-state index contributed by atoms with van der Waals surface area (Å²) in [6.45, 7) is 0.219. The Morgan fingerprint density at radius 2 is 2.10 bits per heavy atom. The lowest BCUT2D eigenvalue weighted by Crippen LogP contribution is -2.02. The summed E-state index contributed by atoms with van der Waals surface area (Å²) >= 11 is 5.98. The van der Waals surface area contributed by atoms with Crippen LogP contribution in [0, 0.1) is 27.3 Å². The van der Waals surface area contributed by atoms with Crippen LogP contribution in [-0.4, -0.2) is 4.92 Å². The topological polar surface area (TPSA) is 79.0 Å². The van der Waals surface area contributed by atoms with E-state index in [2.05, 4.69) is 5.32 Å². The van der Waals surface area contributed by atoms with Gasteiger partial charge in [0, 0.05) is 29.4 Å². The SMILES string of the molecule is N#Cc1cc(NCc2cc([N+](=O)[O-])ccc2Cl)ccc1F. The lowest BCUT2D eigenvalue weighted by atomic mass is 10.1. The van der Waals surface area contributed by atoms with Gasteiger partial charge in [-0.15, -0.1) is 0 Å². The van der Waals surface area contributed by atoms with E-state index in [-0.39, 0.29) is 17.8 Å². The lowest BCUT2D eigenvalue weighted by molar-refractivity contribution is -0.384. The first-order chi connectivity index (χ1) is 10.0. The Balaban J connectivity index is 2.18. The average molecular weight is 306 g/mol. The van der Waals surface area contributed by atoms with Crippen molar-refractivity contribution in [3.05, 3.63) is 68.5 Å². The molecule has 0 aliphatic rings. The summed E-state index contributed by atoms with van der Waals surface area (Å²) in [7, 11) is 0. The Morgan fingerprint density at radius 1 is 1.33 bits per heavy atom. The van der Waals surface area contributed by atoms with Gasteiger partial charge in [-0.2, -0.15) is 5.26 Å². The molecule has 0 atom stereocenters. The summed E-state index contributed by atoms with van der Waals surface area (Å²) < 4.78 is 13.2. The number of non-ortho nitro benzene ring substituents is 1. The van der Waals surface area contributed by atoms with Crippen molar-refractivity contribution in [3.8, 4) is 6.07 Å². The average Bonchev–Trinajstić information content (AvgIpc) is 2.47. The van der Waals surface area contributed by atoms with Gasteiger partial charge in [0.25, 0.3) is 5.69 Å². The Hall–Kier alpha value is -2.65. The Bertz CT molecular complexity index is 743. The molecule has 0 fully saturated rings. The predicted molar refractivity (Wildman–Crippen MR) is 76.5 cm³/mol. The molecule has 21 heavy (non-hydrogen) atoms. The second-order valence-corrected chi connectivity index (χ2v) is 4.60. The van der Waals surface area contributed by atoms with Crippen LogP contribution in [0.1, 0.15) is 11.1 Å². The second kappa shape index (κ2) is 6.20. The molecule has 0 saturated heterocycles. The van der Waals surface area contributed by atoms with Gasteiger partial charge in [-0.1, -0.05) is 11.6 Å². The highest BCUT2D eigenvalue weighted by Crippen LogP contribution is 2.23. The highest BCUT2D eigenvalue weighted by molar-refractivity contribution is 6.31. The second-order valence-electron chi connectivity index (χ2n) is 4.19. The van der Waals surface area contributed by atoms with Crippen LogP contribution < -0.4 is 5.32 Å². The Morgan fingerprint density at radius 3 is 2.76 bits per heavy atom. The standard InChI is InChI=1S/C14H9ClFN3O2/c15-13-3-2-12(19(20)21)6-10(13)8-18-11-1-4-14(16)9(5-11)7-17/h1-6,18H,8H2. The fraction of sp³-hybridized carbons (Fsp3) is 0.0714. The molecule has 0 radical (unpaired) electrons. The maximum Gasteiger partial charge on any atom is 0.269 e. The number of anilines is 1. The lowest BCUT2D eigenvalue weighted by Gasteiger charge is -2.08. The Kier molecular flexibility index (Phi) is 4.36. The highest BCUT2D eigenvalue weighted by atomic mass is 35.5. The number of nitro benzene ring substituents is 1. The fourth-order valence-electron chi connectivity index (χ4n) is 1.73. The molecular formula is C14H9ClFN3O2. The van der Waals surface area contributed by atoms with Crippen molar-refractivity contribution in [1.29, 1.82) is 5.26 Å². The zero-order chi connectivity index (χ0) is 15.4. The molecule has 0 heterocycles. The number of rotatable bonds is 4. The normalized spacial score (nSPS) is 9.95. The first kappa shape index (κ1) is 14.8. The molecule has 2 aromatic carbocycles. The van der Waals surface area contributed by atoms with Crippen LogP contribution in [0.15, 0.2) is 36.4 Å². The van der Waals surface area contributed by atoms with Gasteiger partial charge >= 0.3 is 0 Å². The molecule has 0 aliphatic carbocycles. The van der Waals surface area contributed by atoms with E-state index in [0.29, 0.717) is 16.3 Å². The van der Waals surface area contributed by atoms with E-state index in [0.717, 1.165) is 0 Å². The van der Waals surface area contributed by atoms with Crippen LogP contribution in [0.25, 0.3) is 0 Å². The molecule has 2 rings (SSSR count). The summed E-state index contributed by atoms with van der Waals surface area (Å²) in [5, 5.41) is 22.8. The van der Waals surface area contributed by atoms with E-state index in [4.69, 9.17) is 16.9 Å². The first-order valence-electron chi connectivity index (χ1n) is 5.87. The minimum absolute atomic E-state index is 0.0620. The van der Waals surface area contributed by atoms with Crippen LogP contribution >= 0.6 is 11.6 Å². The molecule has 1 N–H and O–H groups in total. The number of hydrogen-bond donors (Lipinski definition) is 1. The van der Waals surface area contributed by atoms with Crippen molar-refractivity contribution in [1.82, 2.24) is 0 Å². The van der Waals surface area contributed by atoms with Gasteiger partial charge in [-0.3, -0.25) is 10.1 Å². The van der Waals surface area contributed by atoms with Crippen LogP contribution in [0.3, 0.4) is 0 Å². The maximum atomic E-state index is 13.2. The fourth-order valence-corrected chi connectivity index (χ4v) is 1.91. The molecule has 7 heteroatoms. The van der Waals surface area contributed by atoms with Gasteiger partial charge < -0.3 is 5.32 Å². The largest absolute Gasteiger partial charge is 0.381 e. The van der Waals surface area contributed by atoms with E-state index in [9.17, 15) is 14.5 Å². The summed E-state index contributed by atoms with van der Waals surface area (Å²) in [6, 6.07) is 9.88. The van der Waals surface area contributed by atoms with E-state index in [1.54, 1.807) is 6.07 Å². The van der Waals surface area contributed by atoms with Crippen molar-refractivity contribution in [3.63, 3.8) is 0 Å². The van der Waals surface area contributed by atoms with Gasteiger partial charge in [0.15, 0.2) is 0 Å². The summed E-state index contributed by atoms with van der Waals surface area (Å²) in [6.07, 6.45) is 0. The van der Waals surface area contributed by atoms with Gasteiger partial charge in [-0.25, -0.2) is 4.39 Å². The summed E-state index contributed by atoms with van der Waals surface area (Å²) in [5.74, 6) is -0.601. The zero-order valence-corrected chi connectivity index (χ0v) is 11.4. The first-order valence-corrected chi connectivity index (χ1v) is 6.25. The van der Waals surface area contributed by atoms with Crippen LogP contribution in [0.2, 0.25) is 5.02 Å². The number of halogens is 2. The number of nitro groups is 1. The third-order valence-electron chi connectivity index (χ3n) is 2.81. The summed E-state index contributed by atoms with van der Waals surface area (Å²) in [4.78, 5) is 10.2. The zero-order valence-electron chi connectivity index (χ0n) is 10.6. The third-order valence-corrected chi connectivity index (χ3v) is 3.18. The quantitative estimate of drug-likeness (QED) is 0.687. The smallest absolute Gasteiger partial charge is 0.269 e. The number of nitrogens with one attached hydrogen (secondary N) is 1. The van der Waals surface area contributed by atoms with Gasteiger partial charge in [0.2, 0.25) is 0 Å². The molecule has 106 valence electrons. The molecule has 0 spiro atoms. The van der Waals surface area contributed by atoms with E-state index in [1.165, 1.54) is 36.4 Å². The Labute approximate surface area is 124 Å². The molecule has 0 aromatic heterocycles. The molecule has 5 nitrogen and oxygen atoms in total. The van der Waals surface area contributed by atoms with Gasteiger partial charge in [-0.05, 0) is 29.8 Å². The van der Waals surface area contributed by atoms with Crippen molar-refractivity contribution >= 4 is 23.0 Å². The molecule has 0 aliphatic heterocycles. The molecule has 0 saturated carbocycles. The van der Waals surface area contributed by atoms with Crippen molar-refractivity contribution in [2.75, 3.05) is 5.32 Å². The molecule has 0 amide bonds. The predicted octanol–water partition coefficient (Wildman–Crippen LogP) is 3.87. The van der Waals surface area contributed by atoms with Gasteiger partial charge in [0.05, 0.1) is 10.5 Å². The minimum atomic E-state index is -0.601.